The maximum Gasteiger partial charge on any atom is 0.0336 e. The van der Waals surface area contributed by atoms with Crippen molar-refractivity contribution in [2.24, 2.45) is 0 Å². The fourth-order valence-electron chi connectivity index (χ4n) is 2.00. The summed E-state index contributed by atoms with van der Waals surface area (Å²) in [4.78, 5) is 1.57. The van der Waals surface area contributed by atoms with E-state index in [-0.39, 0.29) is 0 Å². The molecular weight excluding hydrogens is 200 g/mol. The van der Waals surface area contributed by atoms with E-state index in [1.165, 1.54) is 31.2 Å². The molecule has 0 saturated heterocycles. The van der Waals surface area contributed by atoms with Crippen molar-refractivity contribution in [2.45, 2.75) is 43.9 Å². The third-order valence-corrected chi connectivity index (χ3v) is 4.46. The molecular formula is C11H15ClS. The molecule has 72 valence electrons. The molecule has 0 bridgehead atoms. The Morgan fingerprint density at radius 2 is 2.00 bits per heavy atom. The van der Waals surface area contributed by atoms with Gasteiger partial charge in [0.15, 0.2) is 0 Å². The third kappa shape index (κ3) is 2.26. The normalized spacial score (nSPS) is 29.1. The van der Waals surface area contributed by atoms with Crippen LogP contribution in [-0.2, 0) is 0 Å². The van der Waals surface area contributed by atoms with Gasteiger partial charge in [0, 0.05) is 10.3 Å². The van der Waals surface area contributed by atoms with Crippen molar-refractivity contribution in [1.29, 1.82) is 0 Å². The summed E-state index contributed by atoms with van der Waals surface area (Å²) in [6.07, 6.45) is 4.97. The van der Waals surface area contributed by atoms with Gasteiger partial charge in [-0.15, -0.1) is 22.9 Å². The Morgan fingerprint density at radius 3 is 2.54 bits per heavy atom. The van der Waals surface area contributed by atoms with Crippen LogP contribution in [0, 0.1) is 6.92 Å². The van der Waals surface area contributed by atoms with Gasteiger partial charge in [0.2, 0.25) is 0 Å². The summed E-state index contributed by atoms with van der Waals surface area (Å²) in [5, 5.41) is 2.69. The minimum absolute atomic E-state index is 0.442. The largest absolute Gasteiger partial charge is 0.148 e. The summed E-state index contributed by atoms with van der Waals surface area (Å²) in [7, 11) is 0. The first-order valence-electron chi connectivity index (χ1n) is 4.95. The van der Waals surface area contributed by atoms with Gasteiger partial charge in [-0.25, -0.2) is 0 Å². The maximum absolute atomic E-state index is 6.08. The highest BCUT2D eigenvalue weighted by atomic mass is 35.5. The molecule has 1 aliphatic rings. The van der Waals surface area contributed by atoms with E-state index >= 15 is 0 Å². The zero-order chi connectivity index (χ0) is 9.26. The van der Waals surface area contributed by atoms with Gasteiger partial charge in [-0.2, -0.15) is 0 Å². The molecule has 1 aromatic heterocycles. The summed E-state index contributed by atoms with van der Waals surface area (Å²) in [5.41, 5.74) is 1.41. The van der Waals surface area contributed by atoms with Crippen LogP contribution in [0.5, 0.6) is 0 Å². The Morgan fingerprint density at radius 1 is 1.31 bits per heavy atom. The van der Waals surface area contributed by atoms with E-state index in [2.05, 4.69) is 18.4 Å². The van der Waals surface area contributed by atoms with Crippen molar-refractivity contribution in [2.75, 3.05) is 0 Å². The first-order valence-corrected chi connectivity index (χ1v) is 6.26. The fraction of sp³-hybridized carbons (Fsp3) is 0.636. The number of halogens is 1. The maximum atomic E-state index is 6.08. The molecule has 2 heteroatoms. The monoisotopic (exact) mass is 214 g/mol. The molecule has 0 spiro atoms. The lowest BCUT2D eigenvalue weighted by molar-refractivity contribution is 0.454. The van der Waals surface area contributed by atoms with Gasteiger partial charge in [0.05, 0.1) is 0 Å². The smallest absolute Gasteiger partial charge is 0.0336 e. The van der Waals surface area contributed by atoms with Crippen molar-refractivity contribution in [3.8, 4) is 0 Å². The number of alkyl halides is 1. The highest BCUT2D eigenvalue weighted by molar-refractivity contribution is 7.10. The number of hydrogen-bond acceptors (Lipinski definition) is 1. The molecule has 0 amide bonds. The van der Waals surface area contributed by atoms with Crippen molar-refractivity contribution in [1.82, 2.24) is 0 Å². The molecule has 2 rings (SSSR count). The third-order valence-electron chi connectivity index (χ3n) is 2.81. The summed E-state index contributed by atoms with van der Waals surface area (Å²) in [6.45, 7) is 2.17. The molecule has 0 aromatic carbocycles. The molecule has 1 fully saturated rings. The van der Waals surface area contributed by atoms with Crippen LogP contribution in [0.1, 0.15) is 42.0 Å². The Bertz CT molecular complexity index is 271. The summed E-state index contributed by atoms with van der Waals surface area (Å²) < 4.78 is 0. The molecule has 13 heavy (non-hydrogen) atoms. The summed E-state index contributed by atoms with van der Waals surface area (Å²) >= 11 is 7.99. The number of hydrogen-bond donors (Lipinski definition) is 0. The van der Waals surface area contributed by atoms with Crippen LogP contribution in [0.3, 0.4) is 0 Å². The van der Waals surface area contributed by atoms with Crippen LogP contribution in [-0.4, -0.2) is 5.38 Å². The first-order chi connectivity index (χ1) is 6.25. The highest BCUT2D eigenvalue weighted by Crippen LogP contribution is 2.37. The SMILES string of the molecule is Cc1csc(C2CCC(Cl)CC2)c1. The van der Waals surface area contributed by atoms with Crippen LogP contribution in [0.15, 0.2) is 11.4 Å². The van der Waals surface area contributed by atoms with Crippen LogP contribution >= 0.6 is 22.9 Å². The molecule has 0 N–H and O–H groups in total. The number of thiophene rings is 1. The molecule has 1 aromatic rings. The van der Waals surface area contributed by atoms with E-state index in [9.17, 15) is 0 Å². The molecule has 0 aliphatic heterocycles. The Labute approximate surface area is 88.9 Å². The molecule has 0 nitrogen and oxygen atoms in total. The molecule has 1 aliphatic carbocycles. The van der Waals surface area contributed by atoms with Crippen molar-refractivity contribution < 1.29 is 0 Å². The van der Waals surface area contributed by atoms with E-state index in [0.29, 0.717) is 5.38 Å². The Balaban J connectivity index is 2.02. The first kappa shape index (κ1) is 9.54. The predicted octanol–water partition coefficient (Wildman–Crippen LogP) is 4.32. The molecule has 1 saturated carbocycles. The van der Waals surface area contributed by atoms with Gasteiger partial charge < -0.3 is 0 Å². The quantitative estimate of drug-likeness (QED) is 0.611. The van der Waals surface area contributed by atoms with E-state index in [1.807, 2.05) is 11.3 Å². The minimum Gasteiger partial charge on any atom is -0.148 e. The van der Waals surface area contributed by atoms with Crippen LogP contribution in [0.2, 0.25) is 0 Å². The second kappa shape index (κ2) is 4.02. The van der Waals surface area contributed by atoms with Crippen molar-refractivity contribution in [3.05, 3.63) is 21.9 Å². The second-order valence-electron chi connectivity index (χ2n) is 3.98. The van der Waals surface area contributed by atoms with E-state index in [0.717, 1.165) is 5.92 Å². The van der Waals surface area contributed by atoms with Gasteiger partial charge in [0.25, 0.3) is 0 Å². The summed E-state index contributed by atoms with van der Waals surface area (Å²) in [6, 6.07) is 2.34. The average Bonchev–Trinajstić information content (AvgIpc) is 2.53. The molecule has 0 radical (unpaired) electrons. The lowest BCUT2D eigenvalue weighted by atomic mass is 9.88. The van der Waals surface area contributed by atoms with Gasteiger partial charge in [-0.05, 0) is 55.5 Å². The van der Waals surface area contributed by atoms with Crippen LogP contribution < -0.4 is 0 Å². The van der Waals surface area contributed by atoms with E-state index < -0.39 is 0 Å². The van der Waals surface area contributed by atoms with Gasteiger partial charge in [-0.3, -0.25) is 0 Å². The van der Waals surface area contributed by atoms with E-state index in [4.69, 9.17) is 11.6 Å². The summed E-state index contributed by atoms with van der Waals surface area (Å²) in [5.74, 6) is 0.800. The van der Waals surface area contributed by atoms with Gasteiger partial charge in [-0.1, -0.05) is 0 Å². The standard InChI is InChI=1S/C11H15ClS/c1-8-6-11(13-7-8)9-2-4-10(12)5-3-9/h6-7,9-10H,2-5H2,1H3. The van der Waals surface area contributed by atoms with Crippen molar-refractivity contribution in [3.63, 3.8) is 0 Å². The predicted molar refractivity (Wildman–Crippen MR) is 59.9 cm³/mol. The average molecular weight is 215 g/mol. The topological polar surface area (TPSA) is 0 Å². The van der Waals surface area contributed by atoms with Crippen LogP contribution in [0.4, 0.5) is 0 Å². The molecule has 0 atom stereocenters. The van der Waals surface area contributed by atoms with E-state index in [1.54, 1.807) is 4.88 Å². The minimum atomic E-state index is 0.442. The van der Waals surface area contributed by atoms with Crippen LogP contribution in [0.25, 0.3) is 0 Å². The fourth-order valence-corrected chi connectivity index (χ4v) is 3.33. The van der Waals surface area contributed by atoms with Gasteiger partial charge >= 0.3 is 0 Å². The molecule has 0 unspecified atom stereocenters. The Kier molecular flexibility index (Phi) is 2.95. The molecule has 1 heterocycles. The van der Waals surface area contributed by atoms with Crippen molar-refractivity contribution >= 4 is 22.9 Å². The Hall–Kier alpha value is -0.0100. The zero-order valence-corrected chi connectivity index (χ0v) is 9.50. The lowest BCUT2D eigenvalue weighted by Crippen LogP contribution is -2.11. The zero-order valence-electron chi connectivity index (χ0n) is 7.92. The lowest BCUT2D eigenvalue weighted by Gasteiger charge is -2.23. The number of rotatable bonds is 1. The highest BCUT2D eigenvalue weighted by Gasteiger charge is 2.21. The number of aryl methyl sites for hydroxylation is 1. The second-order valence-corrected chi connectivity index (χ2v) is 5.54. The van der Waals surface area contributed by atoms with Gasteiger partial charge in [0.1, 0.15) is 0 Å².